The van der Waals surface area contributed by atoms with Gasteiger partial charge in [0, 0.05) is 31.8 Å². The number of nitrogens with zero attached hydrogens (tertiary/aromatic N) is 4. The van der Waals surface area contributed by atoms with Gasteiger partial charge >= 0.3 is 0 Å². The molecule has 2 aromatic rings. The van der Waals surface area contributed by atoms with Gasteiger partial charge in [0.2, 0.25) is 0 Å². The fraction of sp³-hybridized carbons (Fsp3) is 0.500. The van der Waals surface area contributed by atoms with Crippen LogP contribution in [-0.4, -0.2) is 41.5 Å². The predicted octanol–water partition coefficient (Wildman–Crippen LogP) is 3.15. The van der Waals surface area contributed by atoms with Gasteiger partial charge in [0.1, 0.15) is 11.1 Å². The smallest absolute Gasteiger partial charge is 0.194 e. The van der Waals surface area contributed by atoms with Crippen molar-refractivity contribution in [1.82, 2.24) is 20.2 Å². The number of rotatable bonds is 7. The second-order valence-corrected chi connectivity index (χ2v) is 6.74. The Kier molecular flexibility index (Phi) is 7.33. The van der Waals surface area contributed by atoms with Gasteiger partial charge in [-0.15, -0.1) is 11.3 Å². The lowest BCUT2D eigenvalue weighted by molar-refractivity contribution is 0.119. The Hall–Kier alpha value is -1.99. The third kappa shape index (κ3) is 5.79. The summed E-state index contributed by atoms with van der Waals surface area (Å²) in [6, 6.07) is 6.00. The van der Waals surface area contributed by atoms with Crippen LogP contribution in [0, 0.1) is 6.92 Å². The number of thiazole rings is 1. The van der Waals surface area contributed by atoms with Gasteiger partial charge in [0.05, 0.1) is 24.5 Å². The summed E-state index contributed by atoms with van der Waals surface area (Å²) in [5, 5.41) is 6.40. The van der Waals surface area contributed by atoms with Crippen LogP contribution in [0.1, 0.15) is 42.0 Å². The molecular formula is C18H27N5OS. The number of guanidine groups is 1. The number of aryl methyl sites for hydroxylation is 1. The van der Waals surface area contributed by atoms with Gasteiger partial charge < -0.3 is 15.0 Å². The molecule has 136 valence electrons. The molecule has 0 aliphatic carbocycles. The first kappa shape index (κ1) is 19.3. The molecule has 1 unspecified atom stereocenters. The topological polar surface area (TPSA) is 62.6 Å². The molecule has 0 aliphatic heterocycles. The van der Waals surface area contributed by atoms with Crippen LogP contribution in [-0.2, 0) is 17.8 Å². The quantitative estimate of drug-likeness (QED) is 0.606. The van der Waals surface area contributed by atoms with Gasteiger partial charge in [0.25, 0.3) is 0 Å². The zero-order chi connectivity index (χ0) is 18.2. The Balaban J connectivity index is 2.05. The van der Waals surface area contributed by atoms with E-state index in [1.807, 2.05) is 39.1 Å². The third-order valence-electron chi connectivity index (χ3n) is 3.70. The summed E-state index contributed by atoms with van der Waals surface area (Å²) in [7, 11) is 3.72. The van der Waals surface area contributed by atoms with Crippen LogP contribution in [0.5, 0.6) is 0 Å². The van der Waals surface area contributed by atoms with E-state index in [9.17, 15) is 0 Å². The molecule has 1 atom stereocenters. The van der Waals surface area contributed by atoms with E-state index in [1.165, 1.54) is 0 Å². The fourth-order valence-electron chi connectivity index (χ4n) is 2.31. The zero-order valence-electron chi connectivity index (χ0n) is 15.6. The van der Waals surface area contributed by atoms with E-state index in [1.54, 1.807) is 18.4 Å². The van der Waals surface area contributed by atoms with E-state index < -0.39 is 0 Å². The van der Waals surface area contributed by atoms with Crippen molar-refractivity contribution in [2.75, 3.05) is 20.7 Å². The van der Waals surface area contributed by atoms with Crippen molar-refractivity contribution >= 4 is 17.3 Å². The Morgan fingerprint density at radius 3 is 2.84 bits per heavy atom. The van der Waals surface area contributed by atoms with Crippen LogP contribution in [0.3, 0.4) is 0 Å². The first-order valence-corrected chi connectivity index (χ1v) is 9.30. The number of pyridine rings is 1. The first-order chi connectivity index (χ1) is 12.0. The van der Waals surface area contributed by atoms with E-state index in [0.29, 0.717) is 13.1 Å². The van der Waals surface area contributed by atoms with Crippen molar-refractivity contribution < 1.29 is 4.74 Å². The number of hydrogen-bond donors (Lipinski definition) is 1. The summed E-state index contributed by atoms with van der Waals surface area (Å²) in [6.45, 7) is 8.12. The molecule has 0 saturated heterocycles. The van der Waals surface area contributed by atoms with Crippen molar-refractivity contribution in [2.24, 2.45) is 4.99 Å². The minimum atomic E-state index is 0.0263. The lowest BCUT2D eigenvalue weighted by atomic mass is 10.3. The van der Waals surface area contributed by atoms with Gasteiger partial charge in [-0.25, -0.2) is 9.98 Å². The highest BCUT2D eigenvalue weighted by atomic mass is 32.1. The van der Waals surface area contributed by atoms with Crippen molar-refractivity contribution in [3.63, 3.8) is 0 Å². The van der Waals surface area contributed by atoms with Crippen LogP contribution in [0.15, 0.2) is 28.6 Å². The SMILES string of the molecule is CCNC(=NCc1cccc(C)n1)N(C)Cc1csc(C(C)OC)n1. The molecule has 0 aromatic carbocycles. The summed E-state index contributed by atoms with van der Waals surface area (Å²) >= 11 is 1.63. The number of aliphatic imine (C=N–C) groups is 1. The van der Waals surface area contributed by atoms with Gasteiger partial charge in [0.15, 0.2) is 5.96 Å². The number of nitrogens with one attached hydrogen (secondary N) is 1. The maximum Gasteiger partial charge on any atom is 0.194 e. The summed E-state index contributed by atoms with van der Waals surface area (Å²) in [6.07, 6.45) is 0.0263. The van der Waals surface area contributed by atoms with E-state index in [4.69, 9.17) is 9.73 Å². The van der Waals surface area contributed by atoms with E-state index in [-0.39, 0.29) is 6.10 Å². The second kappa shape index (κ2) is 9.48. The predicted molar refractivity (Wildman–Crippen MR) is 103 cm³/mol. The summed E-state index contributed by atoms with van der Waals surface area (Å²) in [5.41, 5.74) is 2.99. The Bertz CT molecular complexity index is 700. The molecule has 2 heterocycles. The van der Waals surface area contributed by atoms with Crippen LogP contribution in [0.4, 0.5) is 0 Å². The van der Waals surface area contributed by atoms with E-state index in [0.717, 1.165) is 34.6 Å². The van der Waals surface area contributed by atoms with Crippen molar-refractivity contribution in [2.45, 2.75) is 40.0 Å². The average Bonchev–Trinajstić information content (AvgIpc) is 3.06. The maximum absolute atomic E-state index is 5.33. The summed E-state index contributed by atoms with van der Waals surface area (Å²) in [4.78, 5) is 15.9. The van der Waals surface area contributed by atoms with Gasteiger partial charge in [-0.3, -0.25) is 4.98 Å². The minimum absolute atomic E-state index is 0.0263. The van der Waals surface area contributed by atoms with Crippen molar-refractivity contribution in [1.29, 1.82) is 0 Å². The molecule has 0 spiro atoms. The highest BCUT2D eigenvalue weighted by Crippen LogP contribution is 2.20. The summed E-state index contributed by atoms with van der Waals surface area (Å²) < 4.78 is 5.33. The van der Waals surface area contributed by atoms with Gasteiger partial charge in [-0.1, -0.05) is 6.07 Å². The lowest BCUT2D eigenvalue weighted by Gasteiger charge is -2.21. The number of hydrogen-bond acceptors (Lipinski definition) is 5. The Labute approximate surface area is 154 Å². The Morgan fingerprint density at radius 2 is 2.16 bits per heavy atom. The molecule has 25 heavy (non-hydrogen) atoms. The molecule has 0 amide bonds. The molecule has 2 aromatic heterocycles. The standard InChI is InChI=1S/C18H27N5OS/c1-6-19-18(20-10-15-9-7-8-13(2)21-15)23(4)11-16-12-25-17(22-16)14(3)24-5/h7-9,12,14H,6,10-11H2,1-5H3,(H,19,20). The van der Waals surface area contributed by atoms with Crippen molar-refractivity contribution in [3.05, 3.63) is 45.7 Å². The number of methoxy groups -OCH3 is 1. The van der Waals surface area contributed by atoms with Crippen molar-refractivity contribution in [3.8, 4) is 0 Å². The lowest BCUT2D eigenvalue weighted by Crippen LogP contribution is -2.38. The largest absolute Gasteiger partial charge is 0.375 e. The molecule has 6 nitrogen and oxygen atoms in total. The fourth-order valence-corrected chi connectivity index (χ4v) is 3.16. The number of ether oxygens (including phenoxy) is 1. The molecule has 2 rings (SSSR count). The molecule has 0 fully saturated rings. The molecule has 7 heteroatoms. The van der Waals surface area contributed by atoms with Crippen LogP contribution in [0.2, 0.25) is 0 Å². The van der Waals surface area contributed by atoms with Crippen LogP contribution >= 0.6 is 11.3 Å². The molecule has 0 saturated carbocycles. The maximum atomic E-state index is 5.33. The highest BCUT2D eigenvalue weighted by molar-refractivity contribution is 7.09. The zero-order valence-corrected chi connectivity index (χ0v) is 16.4. The first-order valence-electron chi connectivity index (χ1n) is 8.42. The normalized spacial score (nSPS) is 12.9. The second-order valence-electron chi connectivity index (χ2n) is 5.85. The van der Waals surface area contributed by atoms with E-state index in [2.05, 4.69) is 32.5 Å². The average molecular weight is 362 g/mol. The molecule has 1 N–H and O–H groups in total. The van der Waals surface area contributed by atoms with Crippen LogP contribution < -0.4 is 5.32 Å². The van der Waals surface area contributed by atoms with Crippen LogP contribution in [0.25, 0.3) is 0 Å². The minimum Gasteiger partial charge on any atom is -0.375 e. The summed E-state index contributed by atoms with van der Waals surface area (Å²) in [5.74, 6) is 0.847. The molecule has 0 bridgehead atoms. The van der Waals surface area contributed by atoms with E-state index >= 15 is 0 Å². The third-order valence-corrected chi connectivity index (χ3v) is 4.76. The molecule has 0 aliphatic rings. The molecular weight excluding hydrogens is 334 g/mol. The molecule has 0 radical (unpaired) electrons. The van der Waals surface area contributed by atoms with Gasteiger partial charge in [-0.2, -0.15) is 0 Å². The number of aromatic nitrogens is 2. The van der Waals surface area contributed by atoms with Gasteiger partial charge in [-0.05, 0) is 32.9 Å². The highest BCUT2D eigenvalue weighted by Gasteiger charge is 2.12. The Morgan fingerprint density at radius 1 is 1.36 bits per heavy atom. The monoisotopic (exact) mass is 361 g/mol.